The number of nitrogens with one attached hydrogen (secondary N) is 1. The fourth-order valence-corrected chi connectivity index (χ4v) is 2.32. The lowest BCUT2D eigenvalue weighted by Crippen LogP contribution is -2.33. The summed E-state index contributed by atoms with van der Waals surface area (Å²) in [5, 5.41) is 0. The third kappa shape index (κ3) is 3.26. The lowest BCUT2D eigenvalue weighted by atomic mass is 10.1. The van der Waals surface area contributed by atoms with Crippen LogP contribution in [0, 0.1) is 5.82 Å². The molecule has 5 heteroatoms. The van der Waals surface area contributed by atoms with Gasteiger partial charge in [0.1, 0.15) is 5.84 Å². The molecule has 1 heterocycles. The third-order valence-corrected chi connectivity index (χ3v) is 3.30. The highest BCUT2D eigenvalue weighted by atomic mass is 19.1. The van der Waals surface area contributed by atoms with E-state index < -0.39 is 5.82 Å². The average molecular weight is 250 g/mol. The van der Waals surface area contributed by atoms with Crippen LogP contribution in [0.5, 0.6) is 0 Å². The fourth-order valence-electron chi connectivity index (χ4n) is 2.32. The number of aromatic nitrogens is 1. The van der Waals surface area contributed by atoms with Gasteiger partial charge in [-0.05, 0) is 18.9 Å². The molecule has 1 aromatic heterocycles. The number of pyridine rings is 1. The molecular formula is C13H19FN4. The van der Waals surface area contributed by atoms with E-state index in [2.05, 4.69) is 15.4 Å². The van der Waals surface area contributed by atoms with E-state index in [1.165, 1.54) is 31.9 Å². The first-order valence-electron chi connectivity index (χ1n) is 6.45. The van der Waals surface area contributed by atoms with Gasteiger partial charge in [0.25, 0.3) is 0 Å². The molecular weight excluding hydrogens is 231 g/mol. The summed E-state index contributed by atoms with van der Waals surface area (Å²) >= 11 is 0. The van der Waals surface area contributed by atoms with Crippen LogP contribution in [0.4, 0.5) is 4.39 Å². The first-order chi connectivity index (χ1) is 8.81. The Balaban J connectivity index is 2.19. The Morgan fingerprint density at radius 3 is 2.67 bits per heavy atom. The number of nitrogens with two attached hydrogens (primary N) is 1. The van der Waals surface area contributed by atoms with E-state index in [1.54, 1.807) is 12.3 Å². The molecule has 2 rings (SSSR count). The molecule has 0 radical (unpaired) electrons. The molecule has 0 unspecified atom stereocenters. The second kappa shape index (κ2) is 6.44. The molecule has 98 valence electrons. The molecule has 0 spiro atoms. The summed E-state index contributed by atoms with van der Waals surface area (Å²) in [4.78, 5) is 8.28. The van der Waals surface area contributed by atoms with E-state index >= 15 is 0 Å². The maximum Gasteiger partial charge on any atom is 0.152 e. The largest absolute Gasteiger partial charge is 0.308 e. The average Bonchev–Trinajstić information content (AvgIpc) is 2.65. The van der Waals surface area contributed by atoms with E-state index in [-0.39, 0.29) is 6.04 Å². The lowest BCUT2D eigenvalue weighted by molar-refractivity contribution is 0.580. The van der Waals surface area contributed by atoms with Crippen LogP contribution < -0.4 is 11.3 Å². The van der Waals surface area contributed by atoms with Crippen LogP contribution in [0.15, 0.2) is 23.5 Å². The van der Waals surface area contributed by atoms with Gasteiger partial charge < -0.3 is 5.43 Å². The van der Waals surface area contributed by atoms with Crippen molar-refractivity contribution < 1.29 is 4.39 Å². The summed E-state index contributed by atoms with van der Waals surface area (Å²) in [5.74, 6) is 5.48. The van der Waals surface area contributed by atoms with Crippen molar-refractivity contribution in [2.75, 3.05) is 0 Å². The van der Waals surface area contributed by atoms with Gasteiger partial charge in [-0.2, -0.15) is 0 Å². The number of nitrogens with zero attached hydrogens (tertiary/aromatic N) is 2. The van der Waals surface area contributed by atoms with E-state index in [0.29, 0.717) is 11.4 Å². The monoisotopic (exact) mass is 250 g/mol. The first kappa shape index (κ1) is 13.0. The van der Waals surface area contributed by atoms with Gasteiger partial charge in [-0.25, -0.2) is 10.2 Å². The van der Waals surface area contributed by atoms with Crippen molar-refractivity contribution in [2.45, 2.75) is 44.6 Å². The van der Waals surface area contributed by atoms with Crippen molar-refractivity contribution in [3.63, 3.8) is 0 Å². The summed E-state index contributed by atoms with van der Waals surface area (Å²) in [6.45, 7) is 0. The maximum atomic E-state index is 13.6. The number of hydrogen-bond donors (Lipinski definition) is 2. The molecule has 1 saturated carbocycles. The molecule has 0 aliphatic heterocycles. The van der Waals surface area contributed by atoms with Crippen LogP contribution in [0.2, 0.25) is 0 Å². The third-order valence-electron chi connectivity index (χ3n) is 3.30. The Hall–Kier alpha value is -1.49. The second-order valence-corrected chi connectivity index (χ2v) is 4.62. The molecule has 0 bridgehead atoms. The van der Waals surface area contributed by atoms with Gasteiger partial charge in [0.2, 0.25) is 0 Å². The number of hydrogen-bond acceptors (Lipinski definition) is 3. The minimum absolute atomic E-state index is 0.242. The van der Waals surface area contributed by atoms with Gasteiger partial charge >= 0.3 is 0 Å². The Morgan fingerprint density at radius 1 is 1.33 bits per heavy atom. The van der Waals surface area contributed by atoms with Crippen molar-refractivity contribution in [3.8, 4) is 0 Å². The smallest absolute Gasteiger partial charge is 0.152 e. The zero-order valence-corrected chi connectivity index (χ0v) is 10.4. The van der Waals surface area contributed by atoms with Crippen LogP contribution in [0.1, 0.15) is 44.1 Å². The van der Waals surface area contributed by atoms with Crippen molar-refractivity contribution in [1.82, 2.24) is 10.4 Å². The SMILES string of the molecule is NNC(=NC1CCCCCC1)c1ccncc1F. The molecule has 18 heavy (non-hydrogen) atoms. The Bertz CT molecular complexity index is 411. The number of halogens is 1. The summed E-state index contributed by atoms with van der Waals surface area (Å²) < 4.78 is 13.6. The van der Waals surface area contributed by atoms with Gasteiger partial charge in [-0.1, -0.05) is 25.7 Å². The quantitative estimate of drug-likeness (QED) is 0.278. The van der Waals surface area contributed by atoms with Crippen LogP contribution in [-0.4, -0.2) is 16.9 Å². The number of rotatable bonds is 2. The zero-order valence-electron chi connectivity index (χ0n) is 10.4. The minimum atomic E-state index is -0.400. The first-order valence-corrected chi connectivity index (χ1v) is 6.45. The topological polar surface area (TPSA) is 63.3 Å². The summed E-state index contributed by atoms with van der Waals surface area (Å²) in [6.07, 6.45) is 9.72. The Morgan fingerprint density at radius 2 is 2.06 bits per heavy atom. The van der Waals surface area contributed by atoms with E-state index in [9.17, 15) is 4.39 Å². The predicted octanol–water partition coefficient (Wildman–Crippen LogP) is 2.15. The molecule has 1 fully saturated rings. The number of hydrazine groups is 1. The fraction of sp³-hybridized carbons (Fsp3) is 0.538. The van der Waals surface area contributed by atoms with E-state index in [1.807, 2.05) is 0 Å². The minimum Gasteiger partial charge on any atom is -0.308 e. The van der Waals surface area contributed by atoms with Gasteiger partial charge in [0.15, 0.2) is 5.82 Å². The molecule has 3 N–H and O–H groups in total. The summed E-state index contributed by atoms with van der Waals surface area (Å²) in [6, 6.07) is 1.83. The number of amidine groups is 1. The normalized spacial score (nSPS) is 18.4. The predicted molar refractivity (Wildman–Crippen MR) is 69.5 cm³/mol. The molecule has 1 aromatic rings. The molecule has 1 aliphatic carbocycles. The van der Waals surface area contributed by atoms with Crippen molar-refractivity contribution in [2.24, 2.45) is 10.8 Å². The lowest BCUT2D eigenvalue weighted by Gasteiger charge is -2.13. The van der Waals surface area contributed by atoms with Gasteiger partial charge in [0.05, 0.1) is 17.8 Å². The number of aliphatic imine (C=N–C) groups is 1. The van der Waals surface area contributed by atoms with Gasteiger partial charge in [-0.15, -0.1) is 0 Å². The van der Waals surface area contributed by atoms with Gasteiger partial charge in [-0.3, -0.25) is 9.98 Å². The van der Waals surface area contributed by atoms with Crippen molar-refractivity contribution in [1.29, 1.82) is 0 Å². The Kier molecular flexibility index (Phi) is 4.64. The molecule has 1 aliphatic rings. The highest BCUT2D eigenvalue weighted by molar-refractivity contribution is 5.98. The molecule has 0 atom stereocenters. The van der Waals surface area contributed by atoms with Crippen LogP contribution in [0.25, 0.3) is 0 Å². The van der Waals surface area contributed by atoms with Gasteiger partial charge in [0, 0.05) is 6.20 Å². The maximum absolute atomic E-state index is 13.6. The van der Waals surface area contributed by atoms with Crippen molar-refractivity contribution >= 4 is 5.84 Å². The molecule has 0 aromatic carbocycles. The van der Waals surface area contributed by atoms with Crippen molar-refractivity contribution in [3.05, 3.63) is 29.8 Å². The summed E-state index contributed by atoms with van der Waals surface area (Å²) in [5.41, 5.74) is 2.89. The molecule has 4 nitrogen and oxygen atoms in total. The van der Waals surface area contributed by atoms with Crippen LogP contribution in [-0.2, 0) is 0 Å². The second-order valence-electron chi connectivity index (χ2n) is 4.62. The van der Waals surface area contributed by atoms with Crippen LogP contribution in [0.3, 0.4) is 0 Å². The standard InChI is InChI=1S/C13H19FN4/c14-12-9-16-8-7-11(12)13(18-15)17-10-5-3-1-2-4-6-10/h7-10H,1-6,15H2,(H,17,18). The summed E-state index contributed by atoms with van der Waals surface area (Å²) in [7, 11) is 0. The zero-order chi connectivity index (χ0) is 12.8. The van der Waals surface area contributed by atoms with Crippen LogP contribution >= 0.6 is 0 Å². The highest BCUT2D eigenvalue weighted by Crippen LogP contribution is 2.20. The Labute approximate surface area is 106 Å². The molecule has 0 amide bonds. The highest BCUT2D eigenvalue weighted by Gasteiger charge is 2.14. The molecule has 0 saturated heterocycles. The van der Waals surface area contributed by atoms with E-state index in [0.717, 1.165) is 12.8 Å². The van der Waals surface area contributed by atoms with E-state index in [4.69, 9.17) is 5.84 Å².